The molecule has 0 heterocycles. The Kier molecular flexibility index (Phi) is 5.12. The number of alkyl halides is 4. The Hall–Kier alpha value is -1.68. The number of hydrogen-bond donors (Lipinski definition) is 1. The third kappa shape index (κ3) is 4.67. The first-order valence-electron chi connectivity index (χ1n) is 6.54. The van der Waals surface area contributed by atoms with Gasteiger partial charge in [0.15, 0.2) is 0 Å². The lowest BCUT2D eigenvalue weighted by atomic mass is 10.1. The fraction of sp³-hybridized carbons (Fsp3) is 0.250. The monoisotopic (exact) mass is 313 g/mol. The summed E-state index contributed by atoms with van der Waals surface area (Å²) in [5, 5.41) is 3.17. The molecular formula is C16H15ClF3N. The van der Waals surface area contributed by atoms with E-state index in [1.54, 1.807) is 0 Å². The summed E-state index contributed by atoms with van der Waals surface area (Å²) in [6, 6.07) is 13.0. The first-order valence-corrected chi connectivity index (χ1v) is 7.07. The highest BCUT2D eigenvalue weighted by atomic mass is 35.5. The van der Waals surface area contributed by atoms with Crippen LogP contribution in [-0.2, 0) is 19.1 Å². The Balaban J connectivity index is 1.93. The fourth-order valence-electron chi connectivity index (χ4n) is 1.91. The summed E-state index contributed by atoms with van der Waals surface area (Å²) >= 11 is 5.67. The molecule has 0 aliphatic carbocycles. The van der Waals surface area contributed by atoms with Crippen molar-refractivity contribution in [1.82, 2.24) is 0 Å². The van der Waals surface area contributed by atoms with Gasteiger partial charge in [0.2, 0.25) is 0 Å². The van der Waals surface area contributed by atoms with Crippen LogP contribution in [-0.4, -0.2) is 5.88 Å². The van der Waals surface area contributed by atoms with Gasteiger partial charge >= 0.3 is 6.18 Å². The quantitative estimate of drug-likeness (QED) is 0.757. The highest BCUT2D eigenvalue weighted by Crippen LogP contribution is 2.29. The molecule has 2 aromatic carbocycles. The number of hydrogen-bond acceptors (Lipinski definition) is 1. The maximum absolute atomic E-state index is 12.4. The smallest absolute Gasteiger partial charge is 0.381 e. The second-order valence-electron chi connectivity index (χ2n) is 4.68. The first-order chi connectivity index (χ1) is 9.99. The minimum atomic E-state index is -4.29. The molecule has 1 nitrogen and oxygen atoms in total. The van der Waals surface area contributed by atoms with Crippen LogP contribution >= 0.6 is 11.6 Å². The third-order valence-electron chi connectivity index (χ3n) is 3.12. The summed E-state index contributed by atoms with van der Waals surface area (Å²) in [6.07, 6.45) is -3.47. The van der Waals surface area contributed by atoms with Crippen molar-refractivity contribution in [2.24, 2.45) is 0 Å². The van der Waals surface area contributed by atoms with Crippen LogP contribution in [0.2, 0.25) is 0 Å². The number of benzene rings is 2. The molecule has 0 bridgehead atoms. The van der Waals surface area contributed by atoms with Crippen LogP contribution in [0, 0.1) is 0 Å². The summed E-state index contributed by atoms with van der Waals surface area (Å²) in [7, 11) is 0. The maximum Gasteiger partial charge on any atom is 0.416 e. The first kappa shape index (κ1) is 15.7. The molecule has 112 valence electrons. The zero-order valence-electron chi connectivity index (χ0n) is 11.3. The van der Waals surface area contributed by atoms with Gasteiger partial charge in [-0.1, -0.05) is 24.3 Å². The topological polar surface area (TPSA) is 12.0 Å². The normalized spacial score (nSPS) is 11.4. The van der Waals surface area contributed by atoms with E-state index in [0.29, 0.717) is 12.4 Å². The number of rotatable bonds is 5. The number of nitrogens with one attached hydrogen (secondary N) is 1. The molecule has 0 saturated carbocycles. The summed E-state index contributed by atoms with van der Waals surface area (Å²) in [4.78, 5) is 0. The van der Waals surface area contributed by atoms with Crippen LogP contribution in [0.25, 0.3) is 0 Å². The SMILES string of the molecule is FC(F)(F)c1ccc(CNc2ccc(CCCl)cc2)cc1. The molecule has 5 heteroatoms. The van der Waals surface area contributed by atoms with Crippen molar-refractivity contribution in [3.8, 4) is 0 Å². The van der Waals surface area contributed by atoms with Gasteiger partial charge < -0.3 is 5.32 Å². The van der Waals surface area contributed by atoms with Crippen LogP contribution in [0.3, 0.4) is 0 Å². The number of halogens is 4. The van der Waals surface area contributed by atoms with E-state index in [2.05, 4.69) is 5.32 Å². The molecule has 0 aliphatic heterocycles. The highest BCUT2D eigenvalue weighted by molar-refractivity contribution is 6.17. The molecule has 0 aromatic heterocycles. The van der Waals surface area contributed by atoms with Gasteiger partial charge in [-0.2, -0.15) is 13.2 Å². The van der Waals surface area contributed by atoms with Crippen LogP contribution in [0.15, 0.2) is 48.5 Å². The summed E-state index contributed by atoms with van der Waals surface area (Å²) in [6.45, 7) is 0.479. The molecule has 0 aliphatic rings. The molecule has 2 rings (SSSR count). The Morgan fingerprint density at radius 3 is 1.95 bits per heavy atom. The van der Waals surface area contributed by atoms with Crippen LogP contribution in [0.5, 0.6) is 0 Å². The molecule has 1 N–H and O–H groups in total. The molecule has 21 heavy (non-hydrogen) atoms. The average Bonchev–Trinajstić information content (AvgIpc) is 2.46. The second kappa shape index (κ2) is 6.85. The van der Waals surface area contributed by atoms with Gasteiger partial charge in [-0.15, -0.1) is 11.6 Å². The molecule has 0 fully saturated rings. The van der Waals surface area contributed by atoms with Gasteiger partial charge in [0.25, 0.3) is 0 Å². The van der Waals surface area contributed by atoms with Crippen LogP contribution in [0.4, 0.5) is 18.9 Å². The highest BCUT2D eigenvalue weighted by Gasteiger charge is 2.29. The van der Waals surface area contributed by atoms with Crippen molar-refractivity contribution >= 4 is 17.3 Å². The Labute approximate surface area is 126 Å². The van der Waals surface area contributed by atoms with E-state index < -0.39 is 11.7 Å². The van der Waals surface area contributed by atoms with Crippen LogP contribution in [0.1, 0.15) is 16.7 Å². The largest absolute Gasteiger partial charge is 0.416 e. The van der Waals surface area contributed by atoms with Gasteiger partial charge in [-0.05, 0) is 41.8 Å². The zero-order valence-corrected chi connectivity index (χ0v) is 12.0. The van der Waals surface area contributed by atoms with E-state index in [1.165, 1.54) is 12.1 Å². The number of anilines is 1. The molecule has 0 radical (unpaired) electrons. The fourth-order valence-corrected chi connectivity index (χ4v) is 2.13. The summed E-state index contributed by atoms with van der Waals surface area (Å²) in [5.74, 6) is 0.582. The van der Waals surface area contributed by atoms with E-state index in [4.69, 9.17) is 11.6 Å². The van der Waals surface area contributed by atoms with E-state index in [0.717, 1.165) is 35.4 Å². The predicted octanol–water partition coefficient (Wildman–Crippen LogP) is 5.10. The molecule has 0 amide bonds. The van der Waals surface area contributed by atoms with Crippen LogP contribution < -0.4 is 5.32 Å². The van der Waals surface area contributed by atoms with Crippen molar-refractivity contribution < 1.29 is 13.2 Å². The third-order valence-corrected chi connectivity index (χ3v) is 3.30. The van der Waals surface area contributed by atoms with Gasteiger partial charge in [0, 0.05) is 18.1 Å². The van der Waals surface area contributed by atoms with E-state index in [-0.39, 0.29) is 0 Å². The molecular weight excluding hydrogens is 299 g/mol. The van der Waals surface area contributed by atoms with Crippen molar-refractivity contribution in [1.29, 1.82) is 0 Å². The Morgan fingerprint density at radius 1 is 0.857 bits per heavy atom. The Morgan fingerprint density at radius 2 is 1.43 bits per heavy atom. The molecule has 0 atom stereocenters. The lowest BCUT2D eigenvalue weighted by Crippen LogP contribution is -2.05. The Bertz CT molecular complexity index is 562. The molecule has 2 aromatic rings. The summed E-state index contributed by atoms with van der Waals surface area (Å²) < 4.78 is 37.3. The van der Waals surface area contributed by atoms with Crippen molar-refractivity contribution in [2.75, 3.05) is 11.2 Å². The number of aryl methyl sites for hydroxylation is 1. The lowest BCUT2D eigenvalue weighted by Gasteiger charge is -2.09. The van der Waals surface area contributed by atoms with Crippen molar-refractivity contribution in [3.05, 3.63) is 65.2 Å². The van der Waals surface area contributed by atoms with E-state index in [9.17, 15) is 13.2 Å². The van der Waals surface area contributed by atoms with E-state index in [1.807, 2.05) is 24.3 Å². The minimum Gasteiger partial charge on any atom is -0.381 e. The van der Waals surface area contributed by atoms with E-state index >= 15 is 0 Å². The van der Waals surface area contributed by atoms with Gasteiger partial charge in [0.05, 0.1) is 5.56 Å². The summed E-state index contributed by atoms with van der Waals surface area (Å²) in [5.41, 5.74) is 2.25. The predicted molar refractivity (Wildman–Crippen MR) is 79.6 cm³/mol. The minimum absolute atomic E-state index is 0.479. The van der Waals surface area contributed by atoms with Gasteiger partial charge in [0.1, 0.15) is 0 Å². The van der Waals surface area contributed by atoms with Gasteiger partial charge in [-0.25, -0.2) is 0 Å². The average molecular weight is 314 g/mol. The lowest BCUT2D eigenvalue weighted by molar-refractivity contribution is -0.137. The zero-order chi connectivity index (χ0) is 15.3. The standard InChI is InChI=1S/C16H15ClF3N/c17-10-9-12-3-7-15(8-4-12)21-11-13-1-5-14(6-2-13)16(18,19)20/h1-8,21H,9-11H2. The molecule has 0 saturated heterocycles. The maximum atomic E-state index is 12.4. The van der Waals surface area contributed by atoms with Crippen molar-refractivity contribution in [2.45, 2.75) is 19.1 Å². The van der Waals surface area contributed by atoms with Crippen molar-refractivity contribution in [3.63, 3.8) is 0 Å². The van der Waals surface area contributed by atoms with Gasteiger partial charge in [-0.3, -0.25) is 0 Å². The molecule has 0 unspecified atom stereocenters. The second-order valence-corrected chi connectivity index (χ2v) is 5.06. The molecule has 0 spiro atoms.